The molecule has 0 fully saturated rings. The largest absolute Gasteiger partial charge is 0.775 e. The van der Waals surface area contributed by atoms with Crippen molar-refractivity contribution in [3.05, 3.63) is 5.21 Å². The van der Waals surface area contributed by atoms with E-state index in [4.69, 9.17) is 0 Å². The molecule has 0 heterocycles. The Morgan fingerprint density at radius 1 is 1.40 bits per heavy atom. The average molecular weight is 166 g/mol. The molecule has 5 heteroatoms. The summed E-state index contributed by atoms with van der Waals surface area (Å²) in [6.45, 7) is 1.97. The van der Waals surface area contributed by atoms with E-state index in [1.54, 1.807) is 0 Å². The van der Waals surface area contributed by atoms with Crippen LogP contribution in [-0.4, -0.2) is 14.2 Å². The minimum absolute atomic E-state index is 0.0513. The molecule has 0 aromatic rings. The molecule has 10 heavy (non-hydrogen) atoms. The van der Waals surface area contributed by atoms with Crippen molar-refractivity contribution < 1.29 is 8.42 Å². The van der Waals surface area contributed by atoms with Gasteiger partial charge in [-0.2, -0.15) is 0 Å². The topological polar surface area (TPSA) is 69.2 Å². The lowest BCUT2D eigenvalue weighted by Gasteiger charge is -2.07. The second-order valence-corrected chi connectivity index (χ2v) is 3.91. The summed E-state index contributed by atoms with van der Waals surface area (Å²) in [5, 5.41) is 9.71. The van der Waals surface area contributed by atoms with Crippen molar-refractivity contribution in [3.8, 4) is 0 Å². The van der Waals surface area contributed by atoms with E-state index in [2.05, 4.69) is 0 Å². The van der Waals surface area contributed by atoms with Gasteiger partial charge < -0.3 is 5.21 Å². The summed E-state index contributed by atoms with van der Waals surface area (Å²) >= 11 is 0. The summed E-state index contributed by atoms with van der Waals surface area (Å²) in [4.78, 5) is 1.02. The third-order valence-electron chi connectivity index (χ3n) is 1.14. The van der Waals surface area contributed by atoms with Crippen LogP contribution >= 0.6 is 0 Å². The Morgan fingerprint density at radius 2 is 2.00 bits per heavy atom. The molecule has 0 radical (unpaired) electrons. The van der Waals surface area contributed by atoms with Crippen LogP contribution < -0.4 is 4.89 Å². The van der Waals surface area contributed by atoms with Crippen LogP contribution in [0.2, 0.25) is 0 Å². The highest BCUT2D eigenvalue weighted by Crippen LogP contribution is 1.96. The minimum atomic E-state index is -3.50. The first-order valence-electron chi connectivity index (χ1n) is 3.24. The molecule has 0 atom stereocenters. The van der Waals surface area contributed by atoms with E-state index in [0.29, 0.717) is 6.42 Å². The van der Waals surface area contributed by atoms with Gasteiger partial charge in [-0.15, -0.1) is 0 Å². The number of unbranched alkanes of at least 4 members (excludes halogenated alkanes) is 2. The first-order valence-corrected chi connectivity index (χ1v) is 4.89. The van der Waals surface area contributed by atoms with E-state index in [9.17, 15) is 13.6 Å². The van der Waals surface area contributed by atoms with Crippen LogP contribution in [0.25, 0.3) is 0 Å². The van der Waals surface area contributed by atoms with Gasteiger partial charge in [-0.1, -0.05) is 19.8 Å². The fourth-order valence-corrected chi connectivity index (χ4v) is 1.25. The summed E-state index contributed by atoms with van der Waals surface area (Å²) in [7, 11) is -3.50. The number of nitrogens with one attached hydrogen (secondary N) is 1. The van der Waals surface area contributed by atoms with Gasteiger partial charge in [0.2, 0.25) is 0 Å². The SMILES string of the molecule is CCCCCS(=O)(=O)N[O-]. The molecule has 4 nitrogen and oxygen atoms in total. The highest BCUT2D eigenvalue weighted by molar-refractivity contribution is 7.89. The lowest BCUT2D eigenvalue weighted by molar-refractivity contribution is 0.585. The quantitative estimate of drug-likeness (QED) is 0.480. The Balaban J connectivity index is 3.49. The van der Waals surface area contributed by atoms with Gasteiger partial charge in [0.15, 0.2) is 10.0 Å². The average Bonchev–Trinajstić information content (AvgIpc) is 1.89. The van der Waals surface area contributed by atoms with Crippen molar-refractivity contribution in [1.82, 2.24) is 4.89 Å². The smallest absolute Gasteiger partial charge is 0.200 e. The van der Waals surface area contributed by atoms with E-state index >= 15 is 0 Å². The maximum Gasteiger partial charge on any atom is 0.200 e. The van der Waals surface area contributed by atoms with Crippen LogP contribution in [0.1, 0.15) is 26.2 Å². The molecule has 0 amide bonds. The Morgan fingerprint density at radius 3 is 2.40 bits per heavy atom. The lowest BCUT2D eigenvalue weighted by atomic mass is 10.3. The first-order chi connectivity index (χ1) is 4.62. The first kappa shape index (κ1) is 9.87. The van der Waals surface area contributed by atoms with Gasteiger partial charge >= 0.3 is 0 Å². The van der Waals surface area contributed by atoms with Gasteiger partial charge in [0.05, 0.1) is 5.75 Å². The summed E-state index contributed by atoms with van der Waals surface area (Å²) in [6.07, 6.45) is 2.36. The molecule has 0 aliphatic carbocycles. The minimum Gasteiger partial charge on any atom is -0.775 e. The molecule has 0 aromatic heterocycles. The normalized spacial score (nSPS) is 11.8. The summed E-state index contributed by atoms with van der Waals surface area (Å²) in [5.41, 5.74) is 0. The van der Waals surface area contributed by atoms with Gasteiger partial charge in [0.1, 0.15) is 0 Å². The molecule has 0 unspecified atom stereocenters. The van der Waals surface area contributed by atoms with Crippen LogP contribution in [0, 0.1) is 5.21 Å². The summed E-state index contributed by atoms with van der Waals surface area (Å²) < 4.78 is 20.9. The maximum absolute atomic E-state index is 10.5. The number of hydrogen-bond acceptors (Lipinski definition) is 3. The van der Waals surface area contributed by atoms with Crippen molar-refractivity contribution in [1.29, 1.82) is 0 Å². The Labute approximate surface area is 61.3 Å². The van der Waals surface area contributed by atoms with E-state index in [-0.39, 0.29) is 5.75 Å². The third-order valence-corrected chi connectivity index (χ3v) is 2.22. The van der Waals surface area contributed by atoms with Crippen molar-refractivity contribution in [2.24, 2.45) is 0 Å². The molecule has 62 valence electrons. The predicted octanol–water partition coefficient (Wildman–Crippen LogP) is 0.594. The molecule has 0 aliphatic rings. The molecule has 0 spiro atoms. The van der Waals surface area contributed by atoms with E-state index < -0.39 is 10.0 Å². The summed E-state index contributed by atoms with van der Waals surface area (Å²) in [6, 6.07) is 0. The Bertz CT molecular complexity index is 164. The van der Waals surface area contributed by atoms with Crippen LogP contribution in [-0.2, 0) is 10.0 Å². The number of rotatable bonds is 5. The zero-order valence-electron chi connectivity index (χ0n) is 5.96. The van der Waals surface area contributed by atoms with Crippen molar-refractivity contribution in [2.75, 3.05) is 5.75 Å². The standard InChI is InChI=1S/C5H12NO3S/c1-2-3-4-5-10(8,9)6-7/h6H,2-5H2,1H3/q-1. The van der Waals surface area contributed by atoms with Gasteiger partial charge in [0, 0.05) is 0 Å². The van der Waals surface area contributed by atoms with Crippen LogP contribution in [0.4, 0.5) is 0 Å². The fourth-order valence-electron chi connectivity index (χ4n) is 0.584. The van der Waals surface area contributed by atoms with Gasteiger partial charge in [-0.25, -0.2) is 8.42 Å². The highest BCUT2D eigenvalue weighted by atomic mass is 32.2. The summed E-state index contributed by atoms with van der Waals surface area (Å²) in [5.74, 6) is -0.0513. The van der Waals surface area contributed by atoms with E-state index in [1.165, 1.54) is 0 Å². The monoisotopic (exact) mass is 166 g/mol. The van der Waals surface area contributed by atoms with Gasteiger partial charge in [-0.05, 0) is 6.42 Å². The molecule has 0 bridgehead atoms. The number of sulfonamides is 1. The highest BCUT2D eigenvalue weighted by Gasteiger charge is 2.01. The third kappa shape index (κ3) is 4.72. The molecule has 0 rings (SSSR count). The second-order valence-electron chi connectivity index (χ2n) is 2.11. The van der Waals surface area contributed by atoms with Crippen LogP contribution in [0.15, 0.2) is 0 Å². The van der Waals surface area contributed by atoms with Crippen molar-refractivity contribution >= 4 is 10.0 Å². The van der Waals surface area contributed by atoms with Gasteiger partial charge in [0.25, 0.3) is 0 Å². The Hall–Kier alpha value is -0.130. The maximum atomic E-state index is 10.5. The molecule has 0 aliphatic heterocycles. The Kier molecular flexibility index (Phi) is 4.59. The number of hydrogen-bond donors (Lipinski definition) is 1. The van der Waals surface area contributed by atoms with Crippen molar-refractivity contribution in [2.45, 2.75) is 26.2 Å². The van der Waals surface area contributed by atoms with Crippen LogP contribution in [0.3, 0.4) is 0 Å². The predicted molar refractivity (Wildman–Crippen MR) is 39.8 cm³/mol. The molecular formula is C5H12NO3S-. The lowest BCUT2D eigenvalue weighted by Crippen LogP contribution is -2.20. The molecular weight excluding hydrogens is 154 g/mol. The zero-order valence-corrected chi connectivity index (χ0v) is 6.78. The fraction of sp³-hybridized carbons (Fsp3) is 1.00. The van der Waals surface area contributed by atoms with Gasteiger partial charge in [-0.3, -0.25) is 4.89 Å². The van der Waals surface area contributed by atoms with Crippen molar-refractivity contribution in [3.63, 3.8) is 0 Å². The van der Waals surface area contributed by atoms with E-state index in [1.807, 2.05) is 6.92 Å². The molecule has 0 saturated heterocycles. The molecule has 1 N–H and O–H groups in total. The second kappa shape index (κ2) is 4.65. The zero-order chi connectivity index (χ0) is 8.04. The van der Waals surface area contributed by atoms with E-state index in [0.717, 1.165) is 17.7 Å². The molecule has 0 aromatic carbocycles. The molecule has 0 saturated carbocycles. The van der Waals surface area contributed by atoms with Crippen LogP contribution in [0.5, 0.6) is 0 Å².